The predicted octanol–water partition coefficient (Wildman–Crippen LogP) is 2.68. The minimum Gasteiger partial charge on any atom is -0.464 e. The molecule has 1 aromatic carbocycles. The smallest absolute Gasteiger partial charge is 0.134 e. The third kappa shape index (κ3) is 2.87. The summed E-state index contributed by atoms with van der Waals surface area (Å²) in [6.07, 6.45) is 3.63. The fourth-order valence-corrected chi connectivity index (χ4v) is 2.03. The van der Waals surface area contributed by atoms with Gasteiger partial charge in [0, 0.05) is 30.1 Å². The van der Waals surface area contributed by atoms with Gasteiger partial charge in [-0.25, -0.2) is 0 Å². The van der Waals surface area contributed by atoms with Gasteiger partial charge in [0.05, 0.1) is 6.26 Å². The first-order valence-corrected chi connectivity index (χ1v) is 6.14. The van der Waals surface area contributed by atoms with E-state index in [0.717, 1.165) is 25.0 Å². The van der Waals surface area contributed by atoms with Crippen molar-refractivity contribution >= 4 is 11.0 Å². The second-order valence-electron chi connectivity index (χ2n) is 4.26. The summed E-state index contributed by atoms with van der Waals surface area (Å²) in [4.78, 5) is 0. The number of furan rings is 1. The molecule has 0 amide bonds. The Balaban J connectivity index is 2.03. The van der Waals surface area contributed by atoms with E-state index in [2.05, 4.69) is 18.3 Å². The van der Waals surface area contributed by atoms with Gasteiger partial charge >= 0.3 is 0 Å². The van der Waals surface area contributed by atoms with Crippen LogP contribution in [0.4, 0.5) is 0 Å². The highest BCUT2D eigenvalue weighted by molar-refractivity contribution is 5.80. The third-order valence-electron chi connectivity index (χ3n) is 3.11. The summed E-state index contributed by atoms with van der Waals surface area (Å²) in [7, 11) is 0. The minimum absolute atomic E-state index is 0.234. The fraction of sp³-hybridized carbons (Fsp3) is 0.429. The highest BCUT2D eigenvalue weighted by Gasteiger charge is 2.08. The van der Waals surface area contributed by atoms with Crippen molar-refractivity contribution in [2.45, 2.75) is 32.4 Å². The van der Waals surface area contributed by atoms with Crippen LogP contribution in [-0.4, -0.2) is 17.8 Å². The zero-order valence-electron chi connectivity index (χ0n) is 10.1. The van der Waals surface area contributed by atoms with Crippen molar-refractivity contribution in [1.29, 1.82) is 0 Å². The van der Waals surface area contributed by atoms with Gasteiger partial charge < -0.3 is 14.8 Å². The molecular weight excluding hydrogens is 214 g/mol. The first-order chi connectivity index (χ1) is 8.35. The average Bonchev–Trinajstić information content (AvgIpc) is 2.78. The Kier molecular flexibility index (Phi) is 4.18. The topological polar surface area (TPSA) is 45.4 Å². The Hall–Kier alpha value is -1.32. The van der Waals surface area contributed by atoms with E-state index in [4.69, 9.17) is 9.52 Å². The van der Waals surface area contributed by atoms with Crippen LogP contribution in [0.5, 0.6) is 0 Å². The summed E-state index contributed by atoms with van der Waals surface area (Å²) >= 11 is 0. The maximum Gasteiger partial charge on any atom is 0.134 e. The van der Waals surface area contributed by atoms with Crippen molar-refractivity contribution in [1.82, 2.24) is 5.32 Å². The lowest BCUT2D eigenvalue weighted by atomic mass is 10.1. The second-order valence-corrected chi connectivity index (χ2v) is 4.26. The van der Waals surface area contributed by atoms with Crippen LogP contribution in [0.25, 0.3) is 11.0 Å². The summed E-state index contributed by atoms with van der Waals surface area (Å²) in [6.45, 7) is 3.15. The first kappa shape index (κ1) is 12.1. The molecule has 17 heavy (non-hydrogen) atoms. The van der Waals surface area contributed by atoms with Crippen molar-refractivity contribution in [3.8, 4) is 0 Å². The molecule has 1 atom stereocenters. The van der Waals surface area contributed by atoms with Crippen molar-refractivity contribution in [2.75, 3.05) is 6.61 Å². The zero-order valence-corrected chi connectivity index (χ0v) is 10.1. The number of nitrogens with one attached hydrogen (secondary N) is 1. The summed E-state index contributed by atoms with van der Waals surface area (Å²) in [5.41, 5.74) is 2.11. The normalized spacial score (nSPS) is 13.1. The second kappa shape index (κ2) is 5.84. The van der Waals surface area contributed by atoms with Gasteiger partial charge in [-0.2, -0.15) is 0 Å². The van der Waals surface area contributed by atoms with Crippen LogP contribution in [0.15, 0.2) is 34.9 Å². The molecule has 0 saturated heterocycles. The van der Waals surface area contributed by atoms with Crippen LogP contribution >= 0.6 is 0 Å². The number of hydrogen-bond acceptors (Lipinski definition) is 3. The molecule has 0 radical (unpaired) electrons. The fourth-order valence-electron chi connectivity index (χ4n) is 2.03. The van der Waals surface area contributed by atoms with Crippen LogP contribution in [0.3, 0.4) is 0 Å². The summed E-state index contributed by atoms with van der Waals surface area (Å²) in [5, 5.41) is 13.5. The van der Waals surface area contributed by atoms with Crippen LogP contribution in [0, 0.1) is 0 Å². The van der Waals surface area contributed by atoms with Crippen LogP contribution in [0.1, 0.15) is 25.3 Å². The predicted molar refractivity (Wildman–Crippen MR) is 68.8 cm³/mol. The molecule has 0 aliphatic carbocycles. The standard InChI is InChI=1S/C14H19NO2/c1-2-12(7-8-16)15-9-11-10-17-14-6-4-3-5-13(11)14/h3-6,10,12,15-16H,2,7-9H2,1H3. The van der Waals surface area contributed by atoms with Crippen LogP contribution in [-0.2, 0) is 6.54 Å². The molecule has 0 saturated carbocycles. The van der Waals surface area contributed by atoms with E-state index >= 15 is 0 Å². The van der Waals surface area contributed by atoms with Gasteiger partial charge in [-0.05, 0) is 18.9 Å². The highest BCUT2D eigenvalue weighted by atomic mass is 16.3. The van der Waals surface area contributed by atoms with E-state index in [-0.39, 0.29) is 6.61 Å². The molecule has 2 rings (SSSR count). The van der Waals surface area contributed by atoms with Gasteiger partial charge in [0.25, 0.3) is 0 Å². The molecule has 0 spiro atoms. The molecule has 0 aliphatic heterocycles. The van der Waals surface area contributed by atoms with E-state index < -0.39 is 0 Å². The number of aliphatic hydroxyl groups excluding tert-OH is 1. The molecule has 1 unspecified atom stereocenters. The number of aliphatic hydroxyl groups is 1. The largest absolute Gasteiger partial charge is 0.464 e. The van der Waals surface area contributed by atoms with Gasteiger partial charge in [0.15, 0.2) is 0 Å². The molecule has 0 bridgehead atoms. The lowest BCUT2D eigenvalue weighted by Gasteiger charge is -2.14. The third-order valence-corrected chi connectivity index (χ3v) is 3.11. The summed E-state index contributed by atoms with van der Waals surface area (Å²) in [6, 6.07) is 8.41. The maximum atomic E-state index is 8.94. The molecule has 92 valence electrons. The molecule has 1 heterocycles. The quantitative estimate of drug-likeness (QED) is 0.806. The maximum absolute atomic E-state index is 8.94. The van der Waals surface area contributed by atoms with Crippen LogP contribution in [0.2, 0.25) is 0 Å². The zero-order chi connectivity index (χ0) is 12.1. The molecule has 2 aromatic rings. The van der Waals surface area contributed by atoms with Crippen LogP contribution < -0.4 is 5.32 Å². The van der Waals surface area contributed by atoms with Crippen molar-refractivity contribution in [3.05, 3.63) is 36.1 Å². The summed E-state index contributed by atoms with van der Waals surface area (Å²) in [5.74, 6) is 0. The minimum atomic E-state index is 0.234. The highest BCUT2D eigenvalue weighted by Crippen LogP contribution is 2.20. The van der Waals surface area contributed by atoms with Gasteiger partial charge in [0.2, 0.25) is 0 Å². The van der Waals surface area contributed by atoms with Gasteiger partial charge in [0.1, 0.15) is 5.58 Å². The van der Waals surface area contributed by atoms with Gasteiger partial charge in [-0.15, -0.1) is 0 Å². The number of rotatable bonds is 6. The van der Waals surface area contributed by atoms with Crippen molar-refractivity contribution in [3.63, 3.8) is 0 Å². The Morgan fingerprint density at radius 2 is 2.18 bits per heavy atom. The Bertz CT molecular complexity index is 464. The molecule has 2 N–H and O–H groups in total. The lowest BCUT2D eigenvalue weighted by Crippen LogP contribution is -2.28. The molecule has 0 fully saturated rings. The molecule has 0 aliphatic rings. The van der Waals surface area contributed by atoms with E-state index in [1.807, 2.05) is 24.5 Å². The average molecular weight is 233 g/mol. The molecule has 1 aromatic heterocycles. The van der Waals surface area contributed by atoms with Gasteiger partial charge in [-0.3, -0.25) is 0 Å². The van der Waals surface area contributed by atoms with E-state index in [9.17, 15) is 0 Å². The van der Waals surface area contributed by atoms with E-state index in [0.29, 0.717) is 6.04 Å². The molecule has 3 nitrogen and oxygen atoms in total. The number of fused-ring (bicyclic) bond motifs is 1. The Labute approximate surface area is 101 Å². The lowest BCUT2D eigenvalue weighted by molar-refractivity contribution is 0.262. The Morgan fingerprint density at radius 3 is 2.94 bits per heavy atom. The van der Waals surface area contributed by atoms with E-state index in [1.165, 1.54) is 10.9 Å². The van der Waals surface area contributed by atoms with Crippen molar-refractivity contribution in [2.24, 2.45) is 0 Å². The molecular formula is C14H19NO2. The number of benzene rings is 1. The number of para-hydroxylation sites is 1. The SMILES string of the molecule is CCC(CCO)NCc1coc2ccccc12. The Morgan fingerprint density at radius 1 is 1.35 bits per heavy atom. The first-order valence-electron chi connectivity index (χ1n) is 6.14. The van der Waals surface area contributed by atoms with E-state index in [1.54, 1.807) is 0 Å². The summed E-state index contributed by atoms with van der Waals surface area (Å²) < 4.78 is 5.49. The molecule has 3 heteroatoms. The number of hydrogen-bond donors (Lipinski definition) is 2. The van der Waals surface area contributed by atoms with Crippen molar-refractivity contribution < 1.29 is 9.52 Å². The van der Waals surface area contributed by atoms with Gasteiger partial charge in [-0.1, -0.05) is 25.1 Å². The monoisotopic (exact) mass is 233 g/mol.